The van der Waals surface area contributed by atoms with Crippen molar-refractivity contribution >= 4 is 17.5 Å². The summed E-state index contributed by atoms with van der Waals surface area (Å²) in [5, 5.41) is 5.70. The van der Waals surface area contributed by atoms with Crippen LogP contribution in [-0.4, -0.2) is 18.4 Å². The van der Waals surface area contributed by atoms with Gasteiger partial charge in [-0.3, -0.25) is 9.59 Å². The molecule has 1 atom stereocenters. The summed E-state index contributed by atoms with van der Waals surface area (Å²) in [5.74, 6) is -0.409. The molecule has 31 heavy (non-hydrogen) atoms. The normalized spacial score (nSPS) is 14.8. The van der Waals surface area contributed by atoms with E-state index in [2.05, 4.69) is 10.6 Å². The molecule has 2 N–H and O–H groups in total. The van der Waals surface area contributed by atoms with Crippen LogP contribution in [0.3, 0.4) is 0 Å². The maximum Gasteiger partial charge on any atom is 0.255 e. The molecule has 1 heterocycles. The number of carbonyl (C=O) groups excluding carboxylic acids is 2. The molecule has 3 aromatic rings. The summed E-state index contributed by atoms with van der Waals surface area (Å²) in [6.07, 6.45) is 0.479. The second-order valence-electron chi connectivity index (χ2n) is 7.61. The number of anilines is 1. The second-order valence-corrected chi connectivity index (χ2v) is 7.61. The summed E-state index contributed by atoms with van der Waals surface area (Å²) in [7, 11) is 0. The van der Waals surface area contributed by atoms with Gasteiger partial charge in [-0.05, 0) is 54.8 Å². The molecular formula is C25H23FN2O3. The van der Waals surface area contributed by atoms with Gasteiger partial charge in [0.15, 0.2) is 0 Å². The van der Waals surface area contributed by atoms with Crippen LogP contribution in [0.25, 0.3) is 0 Å². The first-order chi connectivity index (χ1) is 15.0. The molecule has 2 amide bonds. The van der Waals surface area contributed by atoms with Gasteiger partial charge in [0, 0.05) is 23.4 Å². The number of benzene rings is 3. The molecule has 0 spiro atoms. The van der Waals surface area contributed by atoms with Crippen molar-refractivity contribution in [3.8, 4) is 5.75 Å². The minimum absolute atomic E-state index is 0.126. The van der Waals surface area contributed by atoms with E-state index >= 15 is 0 Å². The Kier molecular flexibility index (Phi) is 5.98. The molecule has 0 aliphatic carbocycles. The predicted molar refractivity (Wildman–Crippen MR) is 117 cm³/mol. The number of amides is 2. The van der Waals surface area contributed by atoms with Crippen LogP contribution in [0.5, 0.6) is 5.75 Å². The van der Waals surface area contributed by atoms with Gasteiger partial charge in [0.25, 0.3) is 5.91 Å². The summed E-state index contributed by atoms with van der Waals surface area (Å²) in [6, 6.07) is 19.2. The number of ether oxygens (including phenoxy) is 1. The Morgan fingerprint density at radius 1 is 1.06 bits per heavy atom. The van der Waals surface area contributed by atoms with Crippen LogP contribution in [0.2, 0.25) is 0 Å². The number of nitrogens with one attached hydrogen (secondary N) is 2. The number of carbonyl (C=O) groups is 2. The van der Waals surface area contributed by atoms with Gasteiger partial charge >= 0.3 is 0 Å². The third-order valence-corrected chi connectivity index (χ3v) is 5.40. The molecule has 0 radical (unpaired) electrons. The highest BCUT2D eigenvalue weighted by Crippen LogP contribution is 2.30. The molecule has 1 aliphatic heterocycles. The van der Waals surface area contributed by atoms with Crippen LogP contribution in [0.15, 0.2) is 66.7 Å². The molecule has 1 aliphatic rings. The van der Waals surface area contributed by atoms with Crippen molar-refractivity contribution in [1.29, 1.82) is 0 Å². The summed E-state index contributed by atoms with van der Waals surface area (Å²) in [6.45, 7) is 2.27. The van der Waals surface area contributed by atoms with Crippen molar-refractivity contribution in [3.63, 3.8) is 0 Å². The standard InChI is InChI=1S/C25H23FN2O3/c1-16-6-2-4-8-21(16)25(30)28-20-10-11-23-18(13-20)12-19(15-31-23)24(29)27-14-17-7-3-5-9-22(17)26/h2-11,13,19H,12,14-15H2,1H3,(H,27,29)(H,28,30)/t19-/m1/s1. The lowest BCUT2D eigenvalue weighted by atomic mass is 9.95. The van der Waals surface area contributed by atoms with E-state index in [0.29, 0.717) is 29.0 Å². The minimum Gasteiger partial charge on any atom is -0.492 e. The van der Waals surface area contributed by atoms with Crippen LogP contribution in [0.1, 0.15) is 27.0 Å². The van der Waals surface area contributed by atoms with E-state index in [4.69, 9.17) is 4.74 Å². The molecular weight excluding hydrogens is 395 g/mol. The van der Waals surface area contributed by atoms with Crippen molar-refractivity contribution in [1.82, 2.24) is 5.32 Å². The van der Waals surface area contributed by atoms with E-state index in [0.717, 1.165) is 11.1 Å². The third kappa shape index (κ3) is 4.74. The highest BCUT2D eigenvalue weighted by Gasteiger charge is 2.26. The first-order valence-corrected chi connectivity index (χ1v) is 10.1. The van der Waals surface area contributed by atoms with E-state index in [-0.39, 0.29) is 36.7 Å². The van der Waals surface area contributed by atoms with Gasteiger partial charge in [0.2, 0.25) is 5.91 Å². The van der Waals surface area contributed by atoms with Crippen molar-refractivity contribution in [3.05, 3.63) is 94.8 Å². The van der Waals surface area contributed by atoms with E-state index in [9.17, 15) is 14.0 Å². The van der Waals surface area contributed by atoms with Crippen LogP contribution in [0, 0.1) is 18.7 Å². The van der Waals surface area contributed by atoms with Crippen LogP contribution in [-0.2, 0) is 17.8 Å². The van der Waals surface area contributed by atoms with Crippen molar-refractivity contribution in [2.75, 3.05) is 11.9 Å². The zero-order valence-electron chi connectivity index (χ0n) is 17.2. The summed E-state index contributed by atoms with van der Waals surface area (Å²) < 4.78 is 19.5. The SMILES string of the molecule is Cc1ccccc1C(=O)Nc1ccc2c(c1)C[C@@H](C(=O)NCc1ccccc1F)CO2. The van der Waals surface area contributed by atoms with Gasteiger partial charge in [-0.15, -0.1) is 0 Å². The Labute approximate surface area is 180 Å². The predicted octanol–water partition coefficient (Wildman–Crippen LogP) is 4.25. The van der Waals surface area contributed by atoms with Gasteiger partial charge < -0.3 is 15.4 Å². The second kappa shape index (κ2) is 9.00. The number of hydrogen-bond donors (Lipinski definition) is 2. The summed E-state index contributed by atoms with van der Waals surface area (Å²) in [4.78, 5) is 25.2. The highest BCUT2D eigenvalue weighted by atomic mass is 19.1. The van der Waals surface area contributed by atoms with Crippen LogP contribution < -0.4 is 15.4 Å². The zero-order valence-corrected chi connectivity index (χ0v) is 17.2. The van der Waals surface area contributed by atoms with Crippen LogP contribution >= 0.6 is 0 Å². The van der Waals surface area contributed by atoms with Gasteiger partial charge in [0.05, 0.1) is 5.92 Å². The lowest BCUT2D eigenvalue weighted by Crippen LogP contribution is -2.37. The monoisotopic (exact) mass is 418 g/mol. The molecule has 0 saturated heterocycles. The van der Waals surface area contributed by atoms with Crippen molar-refractivity contribution in [2.45, 2.75) is 19.9 Å². The van der Waals surface area contributed by atoms with Crippen molar-refractivity contribution in [2.24, 2.45) is 5.92 Å². The lowest BCUT2D eigenvalue weighted by Gasteiger charge is -2.25. The number of hydrogen-bond acceptors (Lipinski definition) is 3. The molecule has 0 bridgehead atoms. The Morgan fingerprint density at radius 3 is 2.65 bits per heavy atom. The van der Waals surface area contributed by atoms with Gasteiger partial charge in [0.1, 0.15) is 18.2 Å². The largest absolute Gasteiger partial charge is 0.492 e. The fourth-order valence-electron chi connectivity index (χ4n) is 3.64. The number of aryl methyl sites for hydroxylation is 1. The summed E-state index contributed by atoms with van der Waals surface area (Å²) in [5.41, 5.74) is 3.44. The smallest absolute Gasteiger partial charge is 0.255 e. The minimum atomic E-state index is -0.387. The quantitative estimate of drug-likeness (QED) is 0.651. The molecule has 0 unspecified atom stereocenters. The number of fused-ring (bicyclic) bond motifs is 1. The fourth-order valence-corrected chi connectivity index (χ4v) is 3.64. The highest BCUT2D eigenvalue weighted by molar-refractivity contribution is 6.05. The maximum atomic E-state index is 13.8. The number of halogens is 1. The average Bonchev–Trinajstić information content (AvgIpc) is 2.78. The Bertz CT molecular complexity index is 1130. The van der Waals surface area contributed by atoms with E-state index in [1.165, 1.54) is 6.07 Å². The van der Waals surface area contributed by atoms with E-state index in [1.807, 2.05) is 31.2 Å². The number of rotatable bonds is 5. The first-order valence-electron chi connectivity index (χ1n) is 10.1. The lowest BCUT2D eigenvalue weighted by molar-refractivity contribution is -0.126. The first kappa shape index (κ1) is 20.6. The molecule has 3 aromatic carbocycles. The molecule has 6 heteroatoms. The summed E-state index contributed by atoms with van der Waals surface area (Å²) >= 11 is 0. The van der Waals surface area contributed by atoms with Crippen LogP contribution in [0.4, 0.5) is 10.1 Å². The molecule has 0 fully saturated rings. The molecule has 4 rings (SSSR count). The maximum absolute atomic E-state index is 13.8. The molecule has 0 saturated carbocycles. The molecule has 0 aromatic heterocycles. The third-order valence-electron chi connectivity index (χ3n) is 5.40. The van der Waals surface area contributed by atoms with Crippen molar-refractivity contribution < 1.29 is 18.7 Å². The zero-order chi connectivity index (χ0) is 21.8. The van der Waals surface area contributed by atoms with Gasteiger partial charge in [-0.1, -0.05) is 36.4 Å². The van der Waals surface area contributed by atoms with Gasteiger partial charge in [-0.2, -0.15) is 0 Å². The van der Waals surface area contributed by atoms with Gasteiger partial charge in [-0.25, -0.2) is 4.39 Å². The average molecular weight is 418 g/mol. The Balaban J connectivity index is 1.41. The Morgan fingerprint density at radius 2 is 1.84 bits per heavy atom. The molecule has 158 valence electrons. The Hall–Kier alpha value is -3.67. The molecule has 5 nitrogen and oxygen atoms in total. The topological polar surface area (TPSA) is 67.4 Å². The van der Waals surface area contributed by atoms with E-state index in [1.54, 1.807) is 36.4 Å². The fraction of sp³-hybridized carbons (Fsp3) is 0.200. The van der Waals surface area contributed by atoms with E-state index < -0.39 is 0 Å².